The molecule has 0 bridgehead atoms. The molecule has 0 saturated heterocycles. The third-order valence-electron chi connectivity index (χ3n) is 2.27. The van der Waals surface area contributed by atoms with E-state index in [9.17, 15) is 4.79 Å². The first-order valence-electron chi connectivity index (χ1n) is 5.00. The zero-order valence-corrected chi connectivity index (χ0v) is 10.9. The Kier molecular flexibility index (Phi) is 3.78. The molecule has 18 heavy (non-hydrogen) atoms. The highest BCUT2D eigenvalue weighted by molar-refractivity contribution is 6.34. The van der Waals surface area contributed by atoms with Crippen molar-refractivity contribution in [2.24, 2.45) is 0 Å². The van der Waals surface area contributed by atoms with Gasteiger partial charge in [0.1, 0.15) is 0 Å². The minimum absolute atomic E-state index is 0.0310. The second-order valence-corrected chi connectivity index (χ2v) is 4.38. The molecular weight excluding hydrogens is 277 g/mol. The van der Waals surface area contributed by atoms with Crippen molar-refractivity contribution in [3.8, 4) is 0 Å². The van der Waals surface area contributed by atoms with Crippen LogP contribution in [0.15, 0.2) is 18.5 Å². The molecule has 0 unspecified atom stereocenters. The number of carbonyl (C=O) groups is 1. The van der Waals surface area contributed by atoms with Crippen LogP contribution >= 0.6 is 23.2 Å². The summed E-state index contributed by atoms with van der Waals surface area (Å²) in [6, 6.07) is 1.39. The van der Waals surface area contributed by atoms with E-state index in [1.165, 1.54) is 11.0 Å². The molecule has 0 fully saturated rings. The van der Waals surface area contributed by atoms with Gasteiger partial charge in [-0.1, -0.05) is 23.2 Å². The van der Waals surface area contributed by atoms with Gasteiger partial charge in [-0.15, -0.1) is 10.2 Å². The molecule has 0 aliphatic heterocycles. The normalized spacial score (nSPS) is 10.4. The van der Waals surface area contributed by atoms with E-state index in [0.29, 0.717) is 6.54 Å². The summed E-state index contributed by atoms with van der Waals surface area (Å²) in [6.07, 6.45) is 3.35. The Hall–Kier alpha value is -1.66. The highest BCUT2D eigenvalue weighted by Gasteiger charge is 2.17. The number of amides is 1. The maximum absolute atomic E-state index is 12.1. The van der Waals surface area contributed by atoms with Gasteiger partial charge < -0.3 is 4.90 Å². The summed E-state index contributed by atoms with van der Waals surface area (Å²) in [4.78, 5) is 13.6. The first-order chi connectivity index (χ1) is 8.58. The van der Waals surface area contributed by atoms with E-state index in [-0.39, 0.29) is 21.8 Å². The first kappa shape index (κ1) is 12.8. The van der Waals surface area contributed by atoms with Crippen LogP contribution in [-0.4, -0.2) is 38.2 Å². The Morgan fingerprint density at radius 2 is 2.22 bits per heavy atom. The lowest BCUT2D eigenvalue weighted by Gasteiger charge is -2.16. The number of carbonyl (C=O) groups excluding carboxylic acids is 1. The number of hydrogen-bond acceptors (Lipinski definition) is 4. The number of rotatable bonds is 3. The van der Waals surface area contributed by atoms with Gasteiger partial charge in [-0.3, -0.25) is 9.89 Å². The van der Waals surface area contributed by atoms with Crippen molar-refractivity contribution in [1.29, 1.82) is 0 Å². The van der Waals surface area contributed by atoms with Crippen LogP contribution in [0.5, 0.6) is 0 Å². The molecule has 6 nitrogen and oxygen atoms in total. The van der Waals surface area contributed by atoms with Crippen molar-refractivity contribution >= 4 is 29.1 Å². The topological polar surface area (TPSA) is 74.8 Å². The lowest BCUT2D eigenvalue weighted by molar-refractivity contribution is 0.0784. The van der Waals surface area contributed by atoms with Crippen LogP contribution in [0.25, 0.3) is 0 Å². The maximum Gasteiger partial charge on any atom is 0.257 e. The molecule has 2 aromatic heterocycles. The lowest BCUT2D eigenvalue weighted by Crippen LogP contribution is -2.26. The van der Waals surface area contributed by atoms with Crippen molar-refractivity contribution < 1.29 is 4.79 Å². The molecule has 0 aliphatic rings. The third-order valence-corrected chi connectivity index (χ3v) is 2.73. The second-order valence-electron chi connectivity index (χ2n) is 3.64. The monoisotopic (exact) mass is 285 g/mol. The Labute approximate surface area is 113 Å². The van der Waals surface area contributed by atoms with Crippen LogP contribution in [0.1, 0.15) is 15.9 Å². The largest absolute Gasteiger partial charge is 0.337 e. The van der Waals surface area contributed by atoms with E-state index in [2.05, 4.69) is 20.4 Å². The predicted molar refractivity (Wildman–Crippen MR) is 66.4 cm³/mol. The SMILES string of the molecule is CN(Cc1cn[nH]c1)C(=O)c1cc(Cl)nnc1Cl. The quantitative estimate of drug-likeness (QED) is 0.933. The number of H-pyrrole nitrogens is 1. The second kappa shape index (κ2) is 5.32. The van der Waals surface area contributed by atoms with E-state index >= 15 is 0 Å². The van der Waals surface area contributed by atoms with Gasteiger partial charge in [0.05, 0.1) is 11.8 Å². The van der Waals surface area contributed by atoms with E-state index < -0.39 is 0 Å². The molecule has 0 saturated carbocycles. The summed E-state index contributed by atoms with van der Waals surface area (Å²) in [5, 5.41) is 13.8. The average molecular weight is 286 g/mol. The van der Waals surface area contributed by atoms with Crippen molar-refractivity contribution in [3.05, 3.63) is 39.9 Å². The van der Waals surface area contributed by atoms with Gasteiger partial charge in [-0.2, -0.15) is 5.10 Å². The molecule has 0 radical (unpaired) electrons. The Morgan fingerprint density at radius 3 is 2.89 bits per heavy atom. The smallest absolute Gasteiger partial charge is 0.257 e. The molecule has 1 amide bonds. The number of nitrogens with zero attached hydrogens (tertiary/aromatic N) is 4. The van der Waals surface area contributed by atoms with Gasteiger partial charge in [0.25, 0.3) is 5.91 Å². The van der Waals surface area contributed by atoms with Crippen molar-refractivity contribution in [1.82, 2.24) is 25.3 Å². The van der Waals surface area contributed by atoms with Crippen LogP contribution in [0.3, 0.4) is 0 Å². The van der Waals surface area contributed by atoms with Gasteiger partial charge >= 0.3 is 0 Å². The summed E-state index contributed by atoms with van der Waals surface area (Å²) in [6.45, 7) is 0.408. The van der Waals surface area contributed by atoms with Crippen LogP contribution in [0, 0.1) is 0 Å². The minimum Gasteiger partial charge on any atom is -0.337 e. The number of nitrogens with one attached hydrogen (secondary N) is 1. The Bertz CT molecular complexity index is 557. The van der Waals surface area contributed by atoms with Gasteiger partial charge in [0, 0.05) is 25.4 Å². The van der Waals surface area contributed by atoms with E-state index in [4.69, 9.17) is 23.2 Å². The highest BCUT2D eigenvalue weighted by Crippen LogP contribution is 2.17. The van der Waals surface area contributed by atoms with Crippen molar-refractivity contribution in [2.75, 3.05) is 7.05 Å². The molecule has 0 aliphatic carbocycles. The third kappa shape index (κ3) is 2.77. The molecular formula is C10H9Cl2N5O. The molecule has 94 valence electrons. The summed E-state index contributed by atoms with van der Waals surface area (Å²) in [5.41, 5.74) is 1.11. The lowest BCUT2D eigenvalue weighted by atomic mass is 10.2. The molecule has 0 spiro atoms. The van der Waals surface area contributed by atoms with Crippen LogP contribution < -0.4 is 0 Å². The van der Waals surface area contributed by atoms with Crippen molar-refractivity contribution in [3.63, 3.8) is 0 Å². The fourth-order valence-corrected chi connectivity index (χ4v) is 1.74. The zero-order chi connectivity index (χ0) is 13.1. The number of aromatic amines is 1. The van der Waals surface area contributed by atoms with Gasteiger partial charge in [0.15, 0.2) is 10.3 Å². The summed E-state index contributed by atoms with van der Waals surface area (Å²) in [5.74, 6) is -0.280. The highest BCUT2D eigenvalue weighted by atomic mass is 35.5. The molecule has 8 heteroatoms. The Morgan fingerprint density at radius 1 is 1.44 bits per heavy atom. The van der Waals surface area contributed by atoms with Gasteiger partial charge in [0.2, 0.25) is 0 Å². The van der Waals surface area contributed by atoms with Crippen LogP contribution in [0.2, 0.25) is 10.3 Å². The van der Waals surface area contributed by atoms with Gasteiger partial charge in [-0.25, -0.2) is 0 Å². The molecule has 2 rings (SSSR count). The molecule has 0 aromatic carbocycles. The summed E-state index contributed by atoms with van der Waals surface area (Å²) < 4.78 is 0. The fourth-order valence-electron chi connectivity index (χ4n) is 1.42. The number of hydrogen-bond donors (Lipinski definition) is 1. The van der Waals surface area contributed by atoms with E-state index in [1.807, 2.05) is 0 Å². The standard InChI is InChI=1S/C10H9Cl2N5O/c1-17(5-6-3-13-14-4-6)10(18)7-2-8(11)15-16-9(7)12/h2-4H,5H2,1H3,(H,13,14). The van der Waals surface area contributed by atoms with Crippen LogP contribution in [0.4, 0.5) is 0 Å². The van der Waals surface area contributed by atoms with Crippen LogP contribution in [-0.2, 0) is 6.54 Å². The average Bonchev–Trinajstić information content (AvgIpc) is 2.84. The molecule has 0 atom stereocenters. The Balaban J connectivity index is 2.17. The first-order valence-corrected chi connectivity index (χ1v) is 5.75. The molecule has 1 N–H and O–H groups in total. The summed E-state index contributed by atoms with van der Waals surface area (Å²) in [7, 11) is 1.65. The van der Waals surface area contributed by atoms with E-state index in [1.54, 1.807) is 19.4 Å². The van der Waals surface area contributed by atoms with Crippen molar-refractivity contribution in [2.45, 2.75) is 6.54 Å². The maximum atomic E-state index is 12.1. The number of halogens is 2. The summed E-state index contributed by atoms with van der Waals surface area (Å²) >= 11 is 11.5. The minimum atomic E-state index is -0.280. The number of aromatic nitrogens is 4. The predicted octanol–water partition coefficient (Wildman–Crippen LogP) is 1.78. The van der Waals surface area contributed by atoms with Gasteiger partial charge in [-0.05, 0) is 6.07 Å². The van der Waals surface area contributed by atoms with E-state index in [0.717, 1.165) is 5.56 Å². The molecule has 2 heterocycles. The zero-order valence-electron chi connectivity index (χ0n) is 9.39. The fraction of sp³-hybridized carbons (Fsp3) is 0.200. The molecule has 2 aromatic rings.